The van der Waals surface area contributed by atoms with Gasteiger partial charge in [0.15, 0.2) is 0 Å². The number of hydrogen-bond acceptors (Lipinski definition) is 3. The first-order chi connectivity index (χ1) is 6.29. The summed E-state index contributed by atoms with van der Waals surface area (Å²) in [6.07, 6.45) is 1.55. The molecule has 1 heterocycles. The number of rotatable bonds is 1. The Balaban J connectivity index is 2.59. The maximum Gasteiger partial charge on any atom is 0.230 e. The van der Waals surface area contributed by atoms with Crippen molar-refractivity contribution in [3.8, 4) is 11.1 Å². The molecule has 0 saturated heterocycles. The van der Waals surface area contributed by atoms with Crippen molar-refractivity contribution >= 4 is 17.5 Å². The number of nitrogens with zero attached hydrogens (tertiary/aromatic N) is 1. The molecule has 1 aromatic carbocycles. The third-order valence-corrected chi connectivity index (χ3v) is 2.09. The monoisotopic (exact) mass is 194 g/mol. The van der Waals surface area contributed by atoms with Gasteiger partial charge in [-0.1, -0.05) is 35.0 Å². The largest absolute Gasteiger partial charge is 0.367 e. The average molecular weight is 195 g/mol. The molecule has 0 unspecified atom stereocenters. The lowest BCUT2D eigenvalue weighted by atomic mass is 10.1. The summed E-state index contributed by atoms with van der Waals surface area (Å²) in [5.74, 6) is 0.285. The van der Waals surface area contributed by atoms with Gasteiger partial charge < -0.3 is 10.3 Å². The first-order valence-corrected chi connectivity index (χ1v) is 4.12. The van der Waals surface area contributed by atoms with E-state index in [9.17, 15) is 0 Å². The number of aromatic nitrogens is 1. The first-order valence-electron chi connectivity index (χ1n) is 3.74. The molecule has 2 rings (SSSR count). The second-order valence-corrected chi connectivity index (χ2v) is 2.99. The Morgan fingerprint density at radius 3 is 2.62 bits per heavy atom. The lowest BCUT2D eigenvalue weighted by molar-refractivity contribution is 0.436. The number of nitrogens with two attached hydrogens (primary N) is 1. The van der Waals surface area contributed by atoms with Crippen LogP contribution in [-0.2, 0) is 0 Å². The predicted molar refractivity (Wildman–Crippen MR) is 51.4 cm³/mol. The van der Waals surface area contributed by atoms with Crippen LogP contribution in [0.1, 0.15) is 0 Å². The number of nitrogen functional groups attached to an aromatic ring is 1. The van der Waals surface area contributed by atoms with E-state index < -0.39 is 0 Å². The summed E-state index contributed by atoms with van der Waals surface area (Å²) < 4.78 is 4.74. The van der Waals surface area contributed by atoms with Crippen molar-refractivity contribution in [2.45, 2.75) is 0 Å². The fraction of sp³-hybridized carbons (Fsp3) is 0. The van der Waals surface area contributed by atoms with Crippen LogP contribution in [0.4, 0.5) is 5.88 Å². The molecule has 0 aliphatic carbocycles. The van der Waals surface area contributed by atoms with Crippen molar-refractivity contribution in [1.82, 2.24) is 5.16 Å². The smallest absolute Gasteiger partial charge is 0.230 e. The van der Waals surface area contributed by atoms with Gasteiger partial charge in [-0.05, 0) is 6.07 Å². The van der Waals surface area contributed by atoms with E-state index in [4.69, 9.17) is 21.9 Å². The topological polar surface area (TPSA) is 52.0 Å². The van der Waals surface area contributed by atoms with Crippen molar-refractivity contribution in [3.63, 3.8) is 0 Å². The summed E-state index contributed by atoms with van der Waals surface area (Å²) in [6, 6.07) is 7.40. The highest BCUT2D eigenvalue weighted by atomic mass is 35.5. The van der Waals surface area contributed by atoms with Crippen LogP contribution in [0.2, 0.25) is 5.02 Å². The van der Waals surface area contributed by atoms with E-state index in [0.29, 0.717) is 5.02 Å². The second kappa shape index (κ2) is 3.11. The zero-order valence-corrected chi connectivity index (χ0v) is 7.45. The van der Waals surface area contributed by atoms with Crippen LogP contribution in [0.5, 0.6) is 0 Å². The van der Waals surface area contributed by atoms with E-state index in [1.165, 1.54) is 0 Å². The molecule has 13 heavy (non-hydrogen) atoms. The van der Waals surface area contributed by atoms with Crippen LogP contribution >= 0.6 is 11.6 Å². The summed E-state index contributed by atoms with van der Waals surface area (Å²) >= 11 is 5.96. The molecule has 0 amide bonds. The molecule has 0 saturated carbocycles. The molecule has 66 valence electrons. The van der Waals surface area contributed by atoms with Crippen molar-refractivity contribution in [2.24, 2.45) is 0 Å². The van der Waals surface area contributed by atoms with Gasteiger partial charge in [0.05, 0.1) is 11.8 Å². The maximum absolute atomic E-state index is 5.96. The number of halogens is 1. The van der Waals surface area contributed by atoms with Gasteiger partial charge in [0.25, 0.3) is 0 Å². The van der Waals surface area contributed by atoms with E-state index in [0.717, 1.165) is 11.1 Å². The molecule has 0 fully saturated rings. The molecule has 0 aliphatic rings. The van der Waals surface area contributed by atoms with Crippen molar-refractivity contribution in [2.75, 3.05) is 5.73 Å². The van der Waals surface area contributed by atoms with Crippen LogP contribution in [0.25, 0.3) is 11.1 Å². The highest BCUT2D eigenvalue weighted by Gasteiger charge is 2.09. The lowest BCUT2D eigenvalue weighted by Crippen LogP contribution is -1.84. The summed E-state index contributed by atoms with van der Waals surface area (Å²) in [4.78, 5) is 0. The predicted octanol–water partition coefficient (Wildman–Crippen LogP) is 2.58. The summed E-state index contributed by atoms with van der Waals surface area (Å²) in [6.45, 7) is 0. The molecule has 0 radical (unpaired) electrons. The van der Waals surface area contributed by atoms with Gasteiger partial charge in [-0.25, -0.2) is 0 Å². The van der Waals surface area contributed by atoms with Crippen molar-refractivity contribution < 1.29 is 4.52 Å². The molecular formula is C9H7ClN2O. The zero-order chi connectivity index (χ0) is 9.26. The van der Waals surface area contributed by atoms with Gasteiger partial charge in [0, 0.05) is 10.6 Å². The van der Waals surface area contributed by atoms with E-state index >= 15 is 0 Å². The molecule has 0 spiro atoms. The lowest BCUT2D eigenvalue weighted by Gasteiger charge is -1.99. The van der Waals surface area contributed by atoms with Crippen LogP contribution in [0, 0.1) is 0 Å². The number of anilines is 1. The first kappa shape index (κ1) is 8.13. The van der Waals surface area contributed by atoms with E-state index in [-0.39, 0.29) is 5.88 Å². The molecule has 0 aliphatic heterocycles. The normalized spacial score (nSPS) is 10.2. The van der Waals surface area contributed by atoms with Crippen LogP contribution < -0.4 is 5.73 Å². The summed E-state index contributed by atoms with van der Waals surface area (Å²) in [5.41, 5.74) is 7.12. The van der Waals surface area contributed by atoms with E-state index in [1.807, 2.05) is 18.2 Å². The van der Waals surface area contributed by atoms with Crippen LogP contribution in [-0.4, -0.2) is 5.16 Å². The van der Waals surface area contributed by atoms with Gasteiger partial charge >= 0.3 is 0 Å². The van der Waals surface area contributed by atoms with Crippen LogP contribution in [0.15, 0.2) is 35.0 Å². The molecule has 0 bridgehead atoms. The third kappa shape index (κ3) is 1.38. The molecule has 4 heteroatoms. The molecule has 1 aromatic heterocycles. The Labute approximate surface area is 80.1 Å². The second-order valence-electron chi connectivity index (χ2n) is 2.58. The molecule has 2 aromatic rings. The highest BCUT2D eigenvalue weighted by molar-refractivity contribution is 6.33. The minimum atomic E-state index is 0.285. The van der Waals surface area contributed by atoms with E-state index in [2.05, 4.69) is 5.16 Å². The quantitative estimate of drug-likeness (QED) is 0.759. The Hall–Kier alpha value is -1.48. The fourth-order valence-corrected chi connectivity index (χ4v) is 1.37. The number of benzene rings is 1. The van der Waals surface area contributed by atoms with Gasteiger partial charge in [0.2, 0.25) is 5.88 Å². The van der Waals surface area contributed by atoms with Crippen LogP contribution in [0.3, 0.4) is 0 Å². The highest BCUT2D eigenvalue weighted by Crippen LogP contribution is 2.31. The standard InChI is InChI=1S/C9H7ClN2O/c10-8-4-2-1-3-6(8)7-5-12-13-9(7)11/h1-5H,11H2. The Morgan fingerprint density at radius 1 is 1.23 bits per heavy atom. The summed E-state index contributed by atoms with van der Waals surface area (Å²) in [5, 5.41) is 4.22. The van der Waals surface area contributed by atoms with Gasteiger partial charge in [-0.3, -0.25) is 0 Å². The van der Waals surface area contributed by atoms with Gasteiger partial charge in [-0.2, -0.15) is 0 Å². The van der Waals surface area contributed by atoms with Crippen molar-refractivity contribution in [3.05, 3.63) is 35.5 Å². The fourth-order valence-electron chi connectivity index (χ4n) is 1.13. The minimum Gasteiger partial charge on any atom is -0.367 e. The third-order valence-electron chi connectivity index (χ3n) is 1.76. The molecule has 3 nitrogen and oxygen atoms in total. The molecule has 2 N–H and O–H groups in total. The Bertz CT molecular complexity index is 425. The SMILES string of the molecule is Nc1oncc1-c1ccccc1Cl. The average Bonchev–Trinajstić information content (AvgIpc) is 2.52. The minimum absolute atomic E-state index is 0.285. The molecule has 0 atom stereocenters. The molecular weight excluding hydrogens is 188 g/mol. The van der Waals surface area contributed by atoms with Gasteiger partial charge in [-0.15, -0.1) is 0 Å². The Morgan fingerprint density at radius 2 is 2.00 bits per heavy atom. The Kier molecular flexibility index (Phi) is 1.94. The summed E-state index contributed by atoms with van der Waals surface area (Å²) in [7, 11) is 0. The van der Waals surface area contributed by atoms with Gasteiger partial charge in [0.1, 0.15) is 0 Å². The van der Waals surface area contributed by atoms with Crippen molar-refractivity contribution in [1.29, 1.82) is 0 Å². The van der Waals surface area contributed by atoms with E-state index in [1.54, 1.807) is 12.3 Å². The zero-order valence-electron chi connectivity index (χ0n) is 6.70. The number of hydrogen-bond donors (Lipinski definition) is 1. The maximum atomic E-state index is 5.96.